The van der Waals surface area contributed by atoms with Gasteiger partial charge in [0.25, 0.3) is 0 Å². The summed E-state index contributed by atoms with van der Waals surface area (Å²) in [6.45, 7) is 14.4. The summed E-state index contributed by atoms with van der Waals surface area (Å²) >= 11 is 0. The van der Waals surface area contributed by atoms with Gasteiger partial charge in [-0.05, 0) is 99.7 Å². The maximum atomic E-state index is 6.28. The minimum atomic E-state index is -2.11. The molecule has 6 heteroatoms. The summed E-state index contributed by atoms with van der Waals surface area (Å²) < 4.78 is 24.9. The van der Waals surface area contributed by atoms with Gasteiger partial charge >= 0.3 is 17.1 Å². The SMILES string of the molecule is CO[Si](OC)(C1CC(C)CC(C)C1)C1CC(C)CC(C)C1.CO[Si](OC)(C1CCC(C)CC1)C1CCC(C)CC1. The Morgan fingerprint density at radius 3 is 0.825 bits per heavy atom. The van der Waals surface area contributed by atoms with Crippen LogP contribution in [0.1, 0.15) is 131 Å². The normalized spacial score (nSPS) is 39.8. The van der Waals surface area contributed by atoms with Crippen molar-refractivity contribution in [3.63, 3.8) is 0 Å². The van der Waals surface area contributed by atoms with Gasteiger partial charge < -0.3 is 17.7 Å². The molecule has 0 aromatic rings. The van der Waals surface area contributed by atoms with E-state index in [0.717, 1.165) is 46.6 Å². The molecule has 40 heavy (non-hydrogen) atoms. The number of hydrogen-bond acceptors (Lipinski definition) is 4. The van der Waals surface area contributed by atoms with Crippen LogP contribution in [0, 0.1) is 35.5 Å². The molecule has 4 aliphatic rings. The molecule has 0 amide bonds. The molecule has 4 atom stereocenters. The molecule has 4 nitrogen and oxygen atoms in total. The average Bonchev–Trinajstić information content (AvgIpc) is 2.92. The van der Waals surface area contributed by atoms with Gasteiger partial charge in [0, 0.05) is 50.6 Å². The van der Waals surface area contributed by atoms with Crippen molar-refractivity contribution in [2.24, 2.45) is 35.5 Å². The van der Waals surface area contributed by atoms with E-state index in [1.807, 2.05) is 28.4 Å². The highest BCUT2D eigenvalue weighted by Crippen LogP contribution is 2.53. The lowest BCUT2D eigenvalue weighted by molar-refractivity contribution is 0.158. The van der Waals surface area contributed by atoms with Crippen LogP contribution < -0.4 is 0 Å². The van der Waals surface area contributed by atoms with Crippen LogP contribution in [0.4, 0.5) is 0 Å². The second kappa shape index (κ2) is 15.8. The zero-order valence-electron chi connectivity index (χ0n) is 28.3. The van der Waals surface area contributed by atoms with Gasteiger partial charge in [0.15, 0.2) is 0 Å². The smallest absolute Gasteiger partial charge is 0.344 e. The Bertz CT molecular complexity index is 639. The van der Waals surface area contributed by atoms with Gasteiger partial charge in [-0.2, -0.15) is 0 Å². The van der Waals surface area contributed by atoms with E-state index in [1.54, 1.807) is 0 Å². The van der Waals surface area contributed by atoms with Crippen LogP contribution in [0.5, 0.6) is 0 Å². The van der Waals surface area contributed by atoms with Crippen molar-refractivity contribution in [1.82, 2.24) is 0 Å². The maximum Gasteiger partial charge on any atom is 0.344 e. The first kappa shape index (κ1) is 34.8. The highest BCUT2D eigenvalue weighted by molar-refractivity contribution is 6.71. The first-order chi connectivity index (χ1) is 19.0. The lowest BCUT2D eigenvalue weighted by Crippen LogP contribution is -2.53. The summed E-state index contributed by atoms with van der Waals surface area (Å²) in [4.78, 5) is 0. The van der Waals surface area contributed by atoms with E-state index in [2.05, 4.69) is 41.5 Å². The van der Waals surface area contributed by atoms with Crippen LogP contribution in [0.3, 0.4) is 0 Å². The average molecular weight is 597 g/mol. The van der Waals surface area contributed by atoms with Crippen LogP contribution in [0.15, 0.2) is 0 Å². The highest BCUT2D eigenvalue weighted by Gasteiger charge is 2.54. The van der Waals surface area contributed by atoms with Crippen molar-refractivity contribution in [3.8, 4) is 0 Å². The molecule has 0 bridgehead atoms. The molecule has 0 aliphatic heterocycles. The molecule has 4 aliphatic carbocycles. The van der Waals surface area contributed by atoms with E-state index < -0.39 is 17.1 Å². The summed E-state index contributed by atoms with van der Waals surface area (Å²) in [5.41, 5.74) is 2.84. The minimum Gasteiger partial charge on any atom is -0.397 e. The zero-order chi connectivity index (χ0) is 29.5. The Balaban J connectivity index is 0.000000222. The van der Waals surface area contributed by atoms with Crippen LogP contribution >= 0.6 is 0 Å². The van der Waals surface area contributed by atoms with Crippen molar-refractivity contribution in [2.45, 2.75) is 154 Å². The molecule has 0 radical (unpaired) electrons. The minimum absolute atomic E-state index is 0.689. The molecular formula is C34H68O4Si2. The van der Waals surface area contributed by atoms with Gasteiger partial charge in [-0.25, -0.2) is 0 Å². The van der Waals surface area contributed by atoms with Crippen molar-refractivity contribution in [3.05, 3.63) is 0 Å². The molecule has 0 spiro atoms. The summed E-state index contributed by atoms with van der Waals surface area (Å²) in [6.07, 6.45) is 18.8. The summed E-state index contributed by atoms with van der Waals surface area (Å²) in [6, 6.07) is 0. The summed E-state index contributed by atoms with van der Waals surface area (Å²) in [5.74, 6) is 5.12. The van der Waals surface area contributed by atoms with Crippen LogP contribution in [-0.4, -0.2) is 45.6 Å². The van der Waals surface area contributed by atoms with Crippen molar-refractivity contribution < 1.29 is 17.7 Å². The highest BCUT2D eigenvalue weighted by atomic mass is 28.4. The Morgan fingerprint density at radius 1 is 0.325 bits per heavy atom. The molecule has 0 aromatic carbocycles. The molecule has 4 fully saturated rings. The Morgan fingerprint density at radius 2 is 0.575 bits per heavy atom. The quantitative estimate of drug-likeness (QED) is 0.261. The molecule has 0 saturated heterocycles. The van der Waals surface area contributed by atoms with Gasteiger partial charge in [0.05, 0.1) is 0 Å². The van der Waals surface area contributed by atoms with Crippen LogP contribution in [0.2, 0.25) is 22.2 Å². The topological polar surface area (TPSA) is 36.9 Å². The Labute approximate surface area is 251 Å². The predicted octanol–water partition coefficient (Wildman–Crippen LogP) is 10.3. The fraction of sp³-hybridized carbons (Fsp3) is 1.00. The van der Waals surface area contributed by atoms with Crippen LogP contribution in [-0.2, 0) is 17.7 Å². The molecule has 236 valence electrons. The van der Waals surface area contributed by atoms with E-state index in [9.17, 15) is 0 Å². The molecule has 0 heterocycles. The van der Waals surface area contributed by atoms with E-state index in [4.69, 9.17) is 17.7 Å². The molecule has 4 rings (SSSR count). The van der Waals surface area contributed by atoms with Gasteiger partial charge in [-0.3, -0.25) is 0 Å². The van der Waals surface area contributed by atoms with Crippen LogP contribution in [0.25, 0.3) is 0 Å². The monoisotopic (exact) mass is 596 g/mol. The van der Waals surface area contributed by atoms with Crippen molar-refractivity contribution in [1.29, 1.82) is 0 Å². The van der Waals surface area contributed by atoms with E-state index in [1.165, 1.54) is 89.9 Å². The van der Waals surface area contributed by atoms with Gasteiger partial charge in [0.1, 0.15) is 0 Å². The lowest BCUT2D eigenvalue weighted by Gasteiger charge is -2.48. The molecule has 4 saturated carbocycles. The maximum absolute atomic E-state index is 6.28. The fourth-order valence-electron chi connectivity index (χ4n) is 10.0. The van der Waals surface area contributed by atoms with Gasteiger partial charge in [-0.1, -0.05) is 67.2 Å². The van der Waals surface area contributed by atoms with Gasteiger partial charge in [0.2, 0.25) is 0 Å². The number of hydrogen-bond donors (Lipinski definition) is 0. The van der Waals surface area contributed by atoms with E-state index in [0.29, 0.717) is 11.1 Å². The summed E-state index contributed by atoms with van der Waals surface area (Å²) in [5, 5.41) is 0. The number of rotatable bonds is 8. The Hall–Kier alpha value is 0.274. The van der Waals surface area contributed by atoms with E-state index >= 15 is 0 Å². The van der Waals surface area contributed by atoms with E-state index in [-0.39, 0.29) is 0 Å². The predicted molar refractivity (Wildman–Crippen MR) is 174 cm³/mol. The molecule has 0 aromatic heterocycles. The lowest BCUT2D eigenvalue weighted by atomic mass is 9.82. The second-order valence-electron chi connectivity index (χ2n) is 15.4. The third-order valence-corrected chi connectivity index (χ3v) is 21.1. The summed E-state index contributed by atoms with van der Waals surface area (Å²) in [7, 11) is 3.60. The molecule has 4 unspecified atom stereocenters. The van der Waals surface area contributed by atoms with Crippen molar-refractivity contribution >= 4 is 17.1 Å². The third kappa shape index (κ3) is 8.25. The molecule has 0 N–H and O–H groups in total. The third-order valence-electron chi connectivity index (χ3n) is 11.9. The van der Waals surface area contributed by atoms with Crippen molar-refractivity contribution in [2.75, 3.05) is 28.4 Å². The zero-order valence-corrected chi connectivity index (χ0v) is 30.3. The second-order valence-corrected chi connectivity index (χ2v) is 23.2. The largest absolute Gasteiger partial charge is 0.397 e. The Kier molecular flexibility index (Phi) is 13.8. The standard InChI is InChI=1S/C18H36O2Si.C16H32O2Si/c1-13-7-14(2)10-17(9-13)21(19-5,20-6)18-11-15(3)8-16(4)12-18;1-13-5-9-15(10-6-13)19(17-3,18-4)16-11-7-14(2)8-12-16/h13-18H,7-12H2,1-6H3;13-16H,5-12H2,1-4H3. The first-order valence-corrected chi connectivity index (χ1v) is 21.2. The molecular weight excluding hydrogens is 529 g/mol. The van der Waals surface area contributed by atoms with Gasteiger partial charge in [-0.15, -0.1) is 0 Å². The fourth-order valence-corrected chi connectivity index (χ4v) is 19.6. The first-order valence-electron chi connectivity index (χ1n) is 17.2.